The Morgan fingerprint density at radius 2 is 2.25 bits per heavy atom. The van der Waals surface area contributed by atoms with Crippen LogP contribution in [0.1, 0.15) is 31.7 Å². The number of halogens is 1. The van der Waals surface area contributed by atoms with Crippen molar-refractivity contribution in [3.05, 3.63) is 33.6 Å². The van der Waals surface area contributed by atoms with Crippen LogP contribution in [0.25, 0.3) is 0 Å². The van der Waals surface area contributed by atoms with E-state index in [2.05, 4.69) is 12.2 Å². The molecule has 1 fully saturated rings. The minimum absolute atomic E-state index is 0.181. The van der Waals surface area contributed by atoms with Crippen molar-refractivity contribution in [2.24, 2.45) is 0 Å². The van der Waals surface area contributed by atoms with Gasteiger partial charge in [0.2, 0.25) is 0 Å². The maximum atomic E-state index is 13.5. The number of hydrogen-bond acceptors (Lipinski definition) is 4. The van der Waals surface area contributed by atoms with Gasteiger partial charge in [0.15, 0.2) is 0 Å². The van der Waals surface area contributed by atoms with Crippen LogP contribution in [0, 0.1) is 22.9 Å². The average molecular weight is 298 g/mol. The van der Waals surface area contributed by atoms with Gasteiger partial charge >= 0.3 is 0 Å². The van der Waals surface area contributed by atoms with E-state index in [1.807, 2.05) is 11.8 Å². The molecule has 0 amide bonds. The first kappa shape index (κ1) is 15.1. The van der Waals surface area contributed by atoms with E-state index in [0.717, 1.165) is 31.1 Å². The molecule has 2 unspecified atom stereocenters. The normalized spacial score (nSPS) is 21.9. The number of aryl methyl sites for hydroxylation is 1. The Kier molecular flexibility index (Phi) is 4.86. The number of rotatable bonds is 5. The number of hydrogen-bond donors (Lipinski definition) is 1. The molecule has 0 bridgehead atoms. The molecule has 2 atom stereocenters. The molecule has 20 heavy (non-hydrogen) atoms. The maximum absolute atomic E-state index is 13.5. The molecule has 0 spiro atoms. The number of nitrogens with one attached hydrogen (secondary N) is 1. The summed E-state index contributed by atoms with van der Waals surface area (Å²) < 4.78 is 13.5. The summed E-state index contributed by atoms with van der Waals surface area (Å²) in [6, 6.07) is 2.78. The zero-order chi connectivity index (χ0) is 14.7. The van der Waals surface area contributed by atoms with Crippen LogP contribution >= 0.6 is 11.8 Å². The lowest BCUT2D eigenvalue weighted by Crippen LogP contribution is -2.17. The van der Waals surface area contributed by atoms with Gasteiger partial charge in [-0.3, -0.25) is 10.1 Å². The van der Waals surface area contributed by atoms with E-state index in [9.17, 15) is 14.5 Å². The minimum atomic E-state index is -0.534. The Morgan fingerprint density at radius 3 is 2.90 bits per heavy atom. The number of nitro benzene ring substituents is 1. The largest absolute Gasteiger partial charge is 0.377 e. The Hall–Kier alpha value is -1.30. The standard InChI is InChI=1S/C14H19FN2O2S/c1-3-20-11-5-4-10(7-11)16-13-6-9(2)12(15)8-14(13)17(18)19/h6,8,10-11,16H,3-5,7H2,1-2H3. The van der Waals surface area contributed by atoms with Crippen LogP contribution in [0.3, 0.4) is 0 Å². The van der Waals surface area contributed by atoms with E-state index in [0.29, 0.717) is 16.5 Å². The van der Waals surface area contributed by atoms with Gasteiger partial charge in [-0.1, -0.05) is 6.92 Å². The molecule has 4 nitrogen and oxygen atoms in total. The van der Waals surface area contributed by atoms with Gasteiger partial charge in [-0.25, -0.2) is 4.39 Å². The monoisotopic (exact) mass is 298 g/mol. The Labute approximate surface area is 122 Å². The quantitative estimate of drug-likeness (QED) is 0.656. The van der Waals surface area contributed by atoms with Crippen molar-refractivity contribution < 1.29 is 9.31 Å². The number of nitro groups is 1. The Morgan fingerprint density at radius 1 is 1.50 bits per heavy atom. The van der Waals surface area contributed by atoms with Gasteiger partial charge in [-0.05, 0) is 43.6 Å². The number of anilines is 1. The molecule has 0 saturated heterocycles. The number of benzene rings is 1. The highest BCUT2D eigenvalue weighted by Crippen LogP contribution is 2.34. The number of nitrogens with zero attached hydrogens (tertiary/aromatic N) is 1. The zero-order valence-electron chi connectivity index (χ0n) is 11.7. The van der Waals surface area contributed by atoms with E-state index in [4.69, 9.17) is 0 Å². The molecule has 1 aliphatic rings. The predicted molar refractivity (Wildman–Crippen MR) is 81.0 cm³/mol. The summed E-state index contributed by atoms with van der Waals surface area (Å²) >= 11 is 1.94. The van der Waals surface area contributed by atoms with Gasteiger partial charge in [0.05, 0.1) is 11.0 Å². The van der Waals surface area contributed by atoms with E-state index in [1.165, 1.54) is 6.07 Å². The lowest BCUT2D eigenvalue weighted by atomic mass is 10.1. The molecule has 1 N–H and O–H groups in total. The van der Waals surface area contributed by atoms with Crippen LogP contribution in [-0.2, 0) is 0 Å². The maximum Gasteiger partial charge on any atom is 0.295 e. The molecule has 0 aromatic heterocycles. The first-order chi connectivity index (χ1) is 9.51. The summed E-state index contributed by atoms with van der Waals surface area (Å²) in [5.74, 6) is 0.556. The molecule has 0 heterocycles. The second kappa shape index (κ2) is 6.43. The second-order valence-electron chi connectivity index (χ2n) is 5.11. The molecule has 1 aromatic rings. The summed E-state index contributed by atoms with van der Waals surface area (Å²) in [7, 11) is 0. The molecule has 110 valence electrons. The van der Waals surface area contributed by atoms with Crippen molar-refractivity contribution in [1.82, 2.24) is 0 Å². The fraction of sp³-hybridized carbons (Fsp3) is 0.571. The fourth-order valence-corrected chi connectivity index (χ4v) is 3.76. The molecule has 1 saturated carbocycles. The van der Waals surface area contributed by atoms with Crippen molar-refractivity contribution in [3.63, 3.8) is 0 Å². The molecule has 1 aromatic carbocycles. The van der Waals surface area contributed by atoms with E-state index < -0.39 is 10.7 Å². The first-order valence-electron chi connectivity index (χ1n) is 6.84. The zero-order valence-corrected chi connectivity index (χ0v) is 12.5. The van der Waals surface area contributed by atoms with Gasteiger partial charge in [-0.2, -0.15) is 11.8 Å². The topological polar surface area (TPSA) is 55.2 Å². The lowest BCUT2D eigenvalue weighted by Gasteiger charge is -2.15. The highest BCUT2D eigenvalue weighted by atomic mass is 32.2. The van der Waals surface area contributed by atoms with E-state index >= 15 is 0 Å². The van der Waals surface area contributed by atoms with Crippen LogP contribution in [0.15, 0.2) is 12.1 Å². The van der Waals surface area contributed by atoms with Crippen molar-refractivity contribution in [2.75, 3.05) is 11.1 Å². The van der Waals surface area contributed by atoms with Crippen LogP contribution in [0.5, 0.6) is 0 Å². The van der Waals surface area contributed by atoms with Gasteiger partial charge in [-0.15, -0.1) is 0 Å². The third-order valence-corrected chi connectivity index (χ3v) is 4.85. The van der Waals surface area contributed by atoms with Crippen molar-refractivity contribution >= 4 is 23.1 Å². The van der Waals surface area contributed by atoms with Crippen molar-refractivity contribution in [3.8, 4) is 0 Å². The van der Waals surface area contributed by atoms with E-state index in [1.54, 1.807) is 6.92 Å². The third-order valence-electron chi connectivity index (χ3n) is 3.62. The molecular weight excluding hydrogens is 279 g/mol. The summed E-state index contributed by atoms with van der Waals surface area (Å²) in [5, 5.41) is 14.9. The Balaban J connectivity index is 2.13. The van der Waals surface area contributed by atoms with Crippen molar-refractivity contribution in [1.29, 1.82) is 0 Å². The van der Waals surface area contributed by atoms with Gasteiger partial charge in [0.1, 0.15) is 11.5 Å². The molecule has 2 rings (SSSR count). The van der Waals surface area contributed by atoms with Crippen molar-refractivity contribution in [2.45, 2.75) is 44.4 Å². The Bertz CT molecular complexity index is 510. The van der Waals surface area contributed by atoms with Gasteiger partial charge in [0, 0.05) is 11.3 Å². The summed E-state index contributed by atoms with van der Waals surface area (Å²) in [6.45, 7) is 3.76. The van der Waals surface area contributed by atoms with Crippen LogP contribution in [0.2, 0.25) is 0 Å². The lowest BCUT2D eigenvalue weighted by molar-refractivity contribution is -0.384. The van der Waals surface area contributed by atoms with E-state index in [-0.39, 0.29) is 11.7 Å². The molecule has 1 aliphatic carbocycles. The van der Waals surface area contributed by atoms with Crippen LogP contribution in [-0.4, -0.2) is 22.0 Å². The highest BCUT2D eigenvalue weighted by molar-refractivity contribution is 7.99. The third kappa shape index (κ3) is 3.42. The predicted octanol–water partition coefficient (Wildman–Crippen LogP) is 4.13. The highest BCUT2D eigenvalue weighted by Gasteiger charge is 2.27. The smallest absolute Gasteiger partial charge is 0.295 e. The molecule has 6 heteroatoms. The fourth-order valence-electron chi connectivity index (χ4n) is 2.62. The number of thioether (sulfide) groups is 1. The minimum Gasteiger partial charge on any atom is -0.377 e. The average Bonchev–Trinajstić information content (AvgIpc) is 2.81. The van der Waals surface area contributed by atoms with Crippen LogP contribution < -0.4 is 5.32 Å². The molecular formula is C14H19FN2O2S. The SMILES string of the molecule is CCSC1CCC(Nc2cc(C)c(F)cc2[N+](=O)[O-])C1. The first-order valence-corrected chi connectivity index (χ1v) is 7.88. The summed E-state index contributed by atoms with van der Waals surface area (Å²) in [5.41, 5.74) is 0.677. The molecule has 0 aliphatic heterocycles. The van der Waals surface area contributed by atoms with Gasteiger partial charge in [0.25, 0.3) is 5.69 Å². The second-order valence-corrected chi connectivity index (χ2v) is 6.68. The summed E-state index contributed by atoms with van der Waals surface area (Å²) in [6.07, 6.45) is 3.14. The molecule has 0 radical (unpaired) electrons. The summed E-state index contributed by atoms with van der Waals surface area (Å²) in [4.78, 5) is 10.5. The van der Waals surface area contributed by atoms with Crippen LogP contribution in [0.4, 0.5) is 15.8 Å². The van der Waals surface area contributed by atoms with Gasteiger partial charge < -0.3 is 5.32 Å².